The zero-order chi connectivity index (χ0) is 10.5. The Hall–Kier alpha value is -0.120. The van der Waals surface area contributed by atoms with Gasteiger partial charge in [0.05, 0.1) is 6.61 Å². The quantitative estimate of drug-likeness (QED) is 0.736. The predicted octanol–water partition coefficient (Wildman–Crippen LogP) is 1.29. The third kappa shape index (κ3) is 3.74. The van der Waals surface area contributed by atoms with Gasteiger partial charge in [-0.1, -0.05) is 0 Å². The van der Waals surface area contributed by atoms with Crippen LogP contribution >= 0.6 is 0 Å². The van der Waals surface area contributed by atoms with Crippen LogP contribution in [0.4, 0.5) is 0 Å². The molecule has 2 heterocycles. The van der Waals surface area contributed by atoms with Crippen molar-refractivity contribution in [3.8, 4) is 0 Å². The molecule has 0 saturated carbocycles. The lowest BCUT2D eigenvalue weighted by atomic mass is 10.0. The molecule has 0 amide bonds. The van der Waals surface area contributed by atoms with Crippen LogP contribution < -0.4 is 10.6 Å². The normalized spacial score (nSPS) is 34.2. The van der Waals surface area contributed by atoms with E-state index in [1.807, 2.05) is 0 Å². The molecule has 3 heteroatoms. The first-order valence-electron chi connectivity index (χ1n) is 6.42. The van der Waals surface area contributed by atoms with E-state index in [4.69, 9.17) is 4.74 Å². The highest BCUT2D eigenvalue weighted by Gasteiger charge is 2.20. The lowest BCUT2D eigenvalue weighted by molar-refractivity contribution is 0.0663. The van der Waals surface area contributed by atoms with Crippen molar-refractivity contribution in [3.63, 3.8) is 0 Å². The summed E-state index contributed by atoms with van der Waals surface area (Å²) in [6.07, 6.45) is 6.46. The minimum absolute atomic E-state index is 0.593. The van der Waals surface area contributed by atoms with E-state index in [1.165, 1.54) is 38.6 Å². The summed E-state index contributed by atoms with van der Waals surface area (Å²) in [4.78, 5) is 0. The SMILES string of the molecule is CC(CC1CCCN1)NC1CCCOC1. The Balaban J connectivity index is 1.64. The van der Waals surface area contributed by atoms with Crippen molar-refractivity contribution in [2.75, 3.05) is 19.8 Å². The second-order valence-electron chi connectivity index (χ2n) is 5.01. The minimum atomic E-state index is 0.593. The maximum atomic E-state index is 5.47. The first-order valence-corrected chi connectivity index (χ1v) is 6.42. The molecule has 2 fully saturated rings. The predicted molar refractivity (Wildman–Crippen MR) is 62.1 cm³/mol. The number of hydrogen-bond donors (Lipinski definition) is 2. The zero-order valence-corrected chi connectivity index (χ0v) is 9.80. The van der Waals surface area contributed by atoms with Crippen molar-refractivity contribution < 1.29 is 4.74 Å². The number of hydrogen-bond acceptors (Lipinski definition) is 3. The van der Waals surface area contributed by atoms with Gasteiger partial charge >= 0.3 is 0 Å². The van der Waals surface area contributed by atoms with Gasteiger partial charge in [-0.15, -0.1) is 0 Å². The first kappa shape index (κ1) is 11.4. The molecule has 0 bridgehead atoms. The molecule has 2 aliphatic rings. The van der Waals surface area contributed by atoms with Crippen LogP contribution in [0.1, 0.15) is 39.0 Å². The van der Waals surface area contributed by atoms with E-state index >= 15 is 0 Å². The Morgan fingerprint density at radius 1 is 1.40 bits per heavy atom. The van der Waals surface area contributed by atoms with E-state index in [9.17, 15) is 0 Å². The van der Waals surface area contributed by atoms with Gasteiger partial charge in [-0.2, -0.15) is 0 Å². The molecule has 88 valence electrons. The Kier molecular flexibility index (Phi) is 4.42. The molecule has 2 aliphatic heterocycles. The average molecular weight is 212 g/mol. The van der Waals surface area contributed by atoms with Gasteiger partial charge in [0, 0.05) is 24.7 Å². The third-order valence-electron chi connectivity index (χ3n) is 3.48. The minimum Gasteiger partial charge on any atom is -0.380 e. The summed E-state index contributed by atoms with van der Waals surface area (Å²) in [6.45, 7) is 5.37. The maximum Gasteiger partial charge on any atom is 0.0619 e. The van der Waals surface area contributed by atoms with Crippen molar-refractivity contribution in [2.45, 2.75) is 57.2 Å². The molecule has 0 radical (unpaired) electrons. The van der Waals surface area contributed by atoms with E-state index < -0.39 is 0 Å². The summed E-state index contributed by atoms with van der Waals surface area (Å²) in [6, 6.07) is 1.96. The van der Waals surface area contributed by atoms with E-state index in [1.54, 1.807) is 0 Å². The summed E-state index contributed by atoms with van der Waals surface area (Å²) < 4.78 is 5.47. The van der Waals surface area contributed by atoms with Crippen LogP contribution in [0.5, 0.6) is 0 Å². The third-order valence-corrected chi connectivity index (χ3v) is 3.48. The Morgan fingerprint density at radius 3 is 3.00 bits per heavy atom. The van der Waals surface area contributed by atoms with Crippen molar-refractivity contribution in [1.29, 1.82) is 0 Å². The topological polar surface area (TPSA) is 33.3 Å². The van der Waals surface area contributed by atoms with Gasteiger partial charge in [-0.05, 0) is 45.6 Å². The molecule has 0 aromatic heterocycles. The maximum absolute atomic E-state index is 5.47. The lowest BCUT2D eigenvalue weighted by Gasteiger charge is -2.28. The van der Waals surface area contributed by atoms with Gasteiger partial charge in [-0.25, -0.2) is 0 Å². The van der Waals surface area contributed by atoms with Gasteiger partial charge < -0.3 is 15.4 Å². The molecule has 2 N–H and O–H groups in total. The lowest BCUT2D eigenvalue weighted by Crippen LogP contribution is -2.44. The summed E-state index contributed by atoms with van der Waals surface area (Å²) in [5, 5.41) is 7.23. The van der Waals surface area contributed by atoms with Crippen molar-refractivity contribution in [2.24, 2.45) is 0 Å². The van der Waals surface area contributed by atoms with Gasteiger partial charge in [-0.3, -0.25) is 0 Å². The van der Waals surface area contributed by atoms with Crippen molar-refractivity contribution in [1.82, 2.24) is 10.6 Å². The summed E-state index contributed by atoms with van der Waals surface area (Å²) in [5.74, 6) is 0. The molecule has 0 aliphatic carbocycles. The second kappa shape index (κ2) is 5.83. The van der Waals surface area contributed by atoms with Crippen LogP contribution in [0.15, 0.2) is 0 Å². The molecule has 2 rings (SSSR count). The molecule has 2 saturated heterocycles. The molecule has 0 aromatic rings. The van der Waals surface area contributed by atoms with Crippen LogP contribution in [-0.2, 0) is 4.74 Å². The van der Waals surface area contributed by atoms with Gasteiger partial charge in [0.15, 0.2) is 0 Å². The van der Waals surface area contributed by atoms with Crippen LogP contribution in [-0.4, -0.2) is 37.9 Å². The fourth-order valence-corrected chi connectivity index (χ4v) is 2.73. The van der Waals surface area contributed by atoms with Crippen molar-refractivity contribution in [3.05, 3.63) is 0 Å². The fraction of sp³-hybridized carbons (Fsp3) is 1.00. The Morgan fingerprint density at radius 2 is 2.33 bits per heavy atom. The Bertz CT molecular complexity index is 174. The fourth-order valence-electron chi connectivity index (χ4n) is 2.73. The molecule has 15 heavy (non-hydrogen) atoms. The molecule has 0 spiro atoms. The molecular formula is C12H24N2O. The largest absolute Gasteiger partial charge is 0.380 e. The molecule has 3 atom stereocenters. The molecule has 3 nitrogen and oxygen atoms in total. The Labute approximate surface area is 93.0 Å². The molecule has 3 unspecified atom stereocenters. The standard InChI is InChI=1S/C12H24N2O/c1-10(8-11-4-2-6-13-11)14-12-5-3-7-15-9-12/h10-14H,2-9H2,1H3. The highest BCUT2D eigenvalue weighted by molar-refractivity contribution is 4.81. The summed E-state index contributed by atoms with van der Waals surface area (Å²) in [7, 11) is 0. The average Bonchev–Trinajstić information content (AvgIpc) is 2.71. The van der Waals surface area contributed by atoms with E-state index in [0.29, 0.717) is 12.1 Å². The number of ether oxygens (including phenoxy) is 1. The molecule has 0 aromatic carbocycles. The monoisotopic (exact) mass is 212 g/mol. The van der Waals surface area contributed by atoms with Crippen LogP contribution in [0.25, 0.3) is 0 Å². The van der Waals surface area contributed by atoms with E-state index in [-0.39, 0.29) is 0 Å². The van der Waals surface area contributed by atoms with Gasteiger partial charge in [0.25, 0.3) is 0 Å². The highest BCUT2D eigenvalue weighted by atomic mass is 16.5. The van der Waals surface area contributed by atoms with Crippen LogP contribution in [0.2, 0.25) is 0 Å². The van der Waals surface area contributed by atoms with E-state index in [0.717, 1.165) is 19.3 Å². The number of nitrogens with one attached hydrogen (secondary N) is 2. The van der Waals surface area contributed by atoms with Crippen molar-refractivity contribution >= 4 is 0 Å². The van der Waals surface area contributed by atoms with Crippen LogP contribution in [0.3, 0.4) is 0 Å². The smallest absolute Gasteiger partial charge is 0.0619 e. The van der Waals surface area contributed by atoms with Crippen LogP contribution in [0, 0.1) is 0 Å². The zero-order valence-electron chi connectivity index (χ0n) is 9.80. The second-order valence-corrected chi connectivity index (χ2v) is 5.01. The summed E-state index contributed by atoms with van der Waals surface area (Å²) in [5.41, 5.74) is 0. The first-order chi connectivity index (χ1) is 7.34. The number of rotatable bonds is 4. The summed E-state index contributed by atoms with van der Waals surface area (Å²) >= 11 is 0. The van der Waals surface area contributed by atoms with Gasteiger partial charge in [0.2, 0.25) is 0 Å². The van der Waals surface area contributed by atoms with Gasteiger partial charge in [0.1, 0.15) is 0 Å². The molecular weight excluding hydrogens is 188 g/mol. The highest BCUT2D eigenvalue weighted by Crippen LogP contribution is 2.13. The van der Waals surface area contributed by atoms with E-state index in [2.05, 4.69) is 17.6 Å².